The zero-order valence-corrected chi connectivity index (χ0v) is 14.9. The lowest BCUT2D eigenvalue weighted by Gasteiger charge is -2.06. The maximum Gasteiger partial charge on any atom is 0.270 e. The minimum Gasteiger partial charge on any atom is -0.495 e. The van der Waals surface area contributed by atoms with Gasteiger partial charge in [0.1, 0.15) is 11.8 Å². The summed E-state index contributed by atoms with van der Waals surface area (Å²) in [6.07, 6.45) is 0. The number of benzene rings is 2. The summed E-state index contributed by atoms with van der Waals surface area (Å²) in [5.41, 5.74) is 4.64. The zero-order valence-electron chi connectivity index (χ0n) is 14.1. The maximum absolute atomic E-state index is 10.9. The van der Waals surface area contributed by atoms with E-state index >= 15 is 0 Å². The lowest BCUT2D eigenvalue weighted by Crippen LogP contribution is -2.02. The van der Waals surface area contributed by atoms with Crippen LogP contribution in [0.2, 0.25) is 0 Å². The van der Waals surface area contributed by atoms with Crippen LogP contribution in [0, 0.1) is 21.4 Å². The largest absolute Gasteiger partial charge is 0.495 e. The van der Waals surface area contributed by atoms with Gasteiger partial charge in [0.25, 0.3) is 5.69 Å². The predicted molar refractivity (Wildman–Crippen MR) is 103 cm³/mol. The van der Waals surface area contributed by atoms with Crippen molar-refractivity contribution < 1.29 is 9.66 Å². The van der Waals surface area contributed by atoms with Crippen molar-refractivity contribution in [2.45, 2.75) is 0 Å². The molecule has 0 aliphatic carbocycles. The van der Waals surface area contributed by atoms with Gasteiger partial charge in [0, 0.05) is 23.1 Å². The van der Waals surface area contributed by atoms with E-state index in [0.29, 0.717) is 27.7 Å². The van der Waals surface area contributed by atoms with Crippen LogP contribution >= 0.6 is 11.3 Å². The number of nitro benzene ring substituents is 1. The van der Waals surface area contributed by atoms with Gasteiger partial charge in [-0.2, -0.15) is 10.4 Å². The van der Waals surface area contributed by atoms with E-state index in [0.717, 1.165) is 0 Å². The van der Waals surface area contributed by atoms with E-state index in [1.54, 1.807) is 36.8 Å². The molecule has 0 atom stereocenters. The van der Waals surface area contributed by atoms with Crippen molar-refractivity contribution >= 4 is 28.4 Å². The van der Waals surface area contributed by atoms with Crippen molar-refractivity contribution in [3.8, 4) is 23.1 Å². The van der Waals surface area contributed by atoms with Crippen LogP contribution in [-0.2, 0) is 0 Å². The number of methoxy groups -OCH3 is 1. The molecule has 134 valence electrons. The number of hydrogen-bond acceptors (Lipinski definition) is 8. The summed E-state index contributed by atoms with van der Waals surface area (Å²) >= 11 is 1.23. The molecule has 0 aliphatic rings. The Morgan fingerprint density at radius 3 is 2.89 bits per heavy atom. The van der Waals surface area contributed by atoms with Gasteiger partial charge in [-0.25, -0.2) is 4.98 Å². The fourth-order valence-electron chi connectivity index (χ4n) is 2.27. The smallest absolute Gasteiger partial charge is 0.270 e. The molecule has 9 heteroatoms. The van der Waals surface area contributed by atoms with E-state index in [2.05, 4.69) is 15.5 Å². The fraction of sp³-hybridized carbons (Fsp3) is 0.0556. The minimum atomic E-state index is -0.462. The maximum atomic E-state index is 10.9. The SMILES string of the molecule is COc1ccccc1N/N=C(/C#N)c1nc(-c2cccc([N+](=O)[O-])c2)cs1. The van der Waals surface area contributed by atoms with Gasteiger partial charge in [-0.3, -0.25) is 15.5 Å². The van der Waals surface area contributed by atoms with Crippen LogP contribution in [0.1, 0.15) is 5.01 Å². The number of nitrogens with zero attached hydrogens (tertiary/aromatic N) is 4. The second kappa shape index (κ2) is 8.07. The normalized spacial score (nSPS) is 10.9. The average molecular weight is 379 g/mol. The molecular weight excluding hydrogens is 366 g/mol. The van der Waals surface area contributed by atoms with Gasteiger partial charge in [-0.15, -0.1) is 11.3 Å². The number of para-hydroxylation sites is 2. The van der Waals surface area contributed by atoms with Crippen molar-refractivity contribution in [2.24, 2.45) is 5.10 Å². The lowest BCUT2D eigenvalue weighted by molar-refractivity contribution is -0.384. The number of rotatable bonds is 6. The van der Waals surface area contributed by atoms with Crippen molar-refractivity contribution in [1.82, 2.24) is 4.98 Å². The molecule has 3 aromatic rings. The predicted octanol–water partition coefficient (Wildman–Crippen LogP) is 4.07. The quantitative estimate of drug-likeness (QED) is 0.392. The number of nitrogens with one attached hydrogen (secondary N) is 1. The second-order valence-corrected chi connectivity index (χ2v) is 6.09. The van der Waals surface area contributed by atoms with E-state index < -0.39 is 4.92 Å². The van der Waals surface area contributed by atoms with Gasteiger partial charge in [-0.05, 0) is 12.1 Å². The molecule has 0 saturated heterocycles. The van der Waals surface area contributed by atoms with Crippen LogP contribution in [0.25, 0.3) is 11.3 Å². The Kier molecular flexibility index (Phi) is 5.39. The summed E-state index contributed by atoms with van der Waals surface area (Å²) in [4.78, 5) is 14.8. The Morgan fingerprint density at radius 1 is 1.33 bits per heavy atom. The minimum absolute atomic E-state index is 0.0194. The topological polar surface area (TPSA) is 113 Å². The summed E-state index contributed by atoms with van der Waals surface area (Å²) in [6.45, 7) is 0. The van der Waals surface area contributed by atoms with Crippen LogP contribution in [0.5, 0.6) is 5.75 Å². The molecule has 2 aromatic carbocycles. The first-order valence-corrected chi connectivity index (χ1v) is 8.58. The highest BCUT2D eigenvalue weighted by molar-refractivity contribution is 7.12. The average Bonchev–Trinajstić information content (AvgIpc) is 3.19. The third-order valence-electron chi connectivity index (χ3n) is 3.56. The van der Waals surface area contributed by atoms with Gasteiger partial charge in [0.05, 0.1) is 23.4 Å². The Morgan fingerprint density at radius 2 is 2.15 bits per heavy atom. The van der Waals surface area contributed by atoms with Gasteiger partial charge >= 0.3 is 0 Å². The third kappa shape index (κ3) is 4.08. The van der Waals surface area contributed by atoms with Crippen LogP contribution in [0.3, 0.4) is 0 Å². The third-order valence-corrected chi connectivity index (χ3v) is 4.41. The van der Waals surface area contributed by atoms with Crippen molar-refractivity contribution in [3.63, 3.8) is 0 Å². The van der Waals surface area contributed by atoms with E-state index in [4.69, 9.17) is 4.74 Å². The molecule has 0 radical (unpaired) electrons. The van der Waals surface area contributed by atoms with Crippen molar-refractivity contribution in [2.75, 3.05) is 12.5 Å². The summed E-state index contributed by atoms with van der Waals surface area (Å²) in [7, 11) is 1.54. The molecule has 0 spiro atoms. The molecule has 1 N–H and O–H groups in total. The van der Waals surface area contributed by atoms with E-state index in [-0.39, 0.29) is 11.4 Å². The van der Waals surface area contributed by atoms with Gasteiger partial charge in [0.2, 0.25) is 0 Å². The van der Waals surface area contributed by atoms with Gasteiger partial charge in [0.15, 0.2) is 10.7 Å². The number of ether oxygens (including phenoxy) is 1. The highest BCUT2D eigenvalue weighted by atomic mass is 32.1. The first-order valence-electron chi connectivity index (χ1n) is 7.70. The summed E-state index contributed by atoms with van der Waals surface area (Å²) in [5.74, 6) is 0.593. The van der Waals surface area contributed by atoms with Crippen LogP contribution < -0.4 is 10.2 Å². The Bertz CT molecular complexity index is 1050. The highest BCUT2D eigenvalue weighted by Crippen LogP contribution is 2.26. The fourth-order valence-corrected chi connectivity index (χ4v) is 3.03. The van der Waals surface area contributed by atoms with Gasteiger partial charge < -0.3 is 4.74 Å². The number of non-ortho nitro benzene ring substituents is 1. The first kappa shape index (κ1) is 18.0. The van der Waals surface area contributed by atoms with Crippen molar-refractivity contribution in [1.29, 1.82) is 5.26 Å². The number of nitro groups is 1. The molecule has 8 nitrogen and oxygen atoms in total. The molecule has 1 heterocycles. The Hall–Kier alpha value is -3.77. The molecule has 3 rings (SSSR count). The summed E-state index contributed by atoms with van der Waals surface area (Å²) in [5, 5.41) is 26.6. The molecular formula is C18H13N5O3S. The van der Waals surface area contributed by atoms with Crippen molar-refractivity contribution in [3.05, 3.63) is 69.0 Å². The summed E-state index contributed by atoms with van der Waals surface area (Å²) < 4.78 is 5.23. The van der Waals surface area contributed by atoms with E-state index in [9.17, 15) is 15.4 Å². The number of hydrazone groups is 1. The monoisotopic (exact) mass is 379 g/mol. The van der Waals surface area contributed by atoms with Crippen LogP contribution in [0.4, 0.5) is 11.4 Å². The molecule has 0 saturated carbocycles. The summed E-state index contributed by atoms with van der Waals surface area (Å²) in [6, 6.07) is 15.4. The Balaban J connectivity index is 1.86. The zero-order chi connectivity index (χ0) is 19.2. The molecule has 0 fully saturated rings. The number of hydrogen-bond donors (Lipinski definition) is 1. The number of anilines is 1. The highest BCUT2D eigenvalue weighted by Gasteiger charge is 2.13. The lowest BCUT2D eigenvalue weighted by atomic mass is 10.1. The number of aromatic nitrogens is 1. The van der Waals surface area contributed by atoms with E-state index in [1.807, 2.05) is 18.2 Å². The molecule has 0 amide bonds. The molecule has 1 aromatic heterocycles. The second-order valence-electron chi connectivity index (χ2n) is 5.23. The number of nitriles is 1. The standard InChI is InChI=1S/C18H13N5O3S/c1-26-17-8-3-2-7-14(17)21-22-15(10-19)18-20-16(11-27-18)12-5-4-6-13(9-12)23(24)25/h2-9,11,21H,1H3/b22-15-. The molecule has 0 bridgehead atoms. The number of thiazole rings is 1. The van der Waals surface area contributed by atoms with E-state index in [1.165, 1.54) is 23.5 Å². The molecule has 0 aliphatic heterocycles. The Labute approximate surface area is 158 Å². The molecule has 0 unspecified atom stereocenters. The van der Waals surface area contributed by atoms with Crippen LogP contribution in [-0.4, -0.2) is 22.7 Å². The molecule has 27 heavy (non-hydrogen) atoms. The first-order chi connectivity index (χ1) is 13.1. The van der Waals surface area contributed by atoms with Gasteiger partial charge in [-0.1, -0.05) is 24.3 Å². The van der Waals surface area contributed by atoms with Crippen LogP contribution in [0.15, 0.2) is 59.0 Å².